The number of urea groups is 1. The number of hydrogen-bond donors (Lipinski definition) is 2. The molecule has 1 unspecified atom stereocenters. The van der Waals surface area contributed by atoms with E-state index in [2.05, 4.69) is 20.7 Å². The number of aryl methyl sites for hydroxylation is 1. The highest BCUT2D eigenvalue weighted by atomic mass is 19.1. The van der Waals surface area contributed by atoms with Gasteiger partial charge in [0, 0.05) is 37.1 Å². The topological polar surface area (TPSA) is 75.1 Å². The molecule has 2 amide bonds. The summed E-state index contributed by atoms with van der Waals surface area (Å²) in [4.78, 5) is 18.6. The average Bonchev–Trinajstić information content (AvgIpc) is 3.05. The van der Waals surface area contributed by atoms with Crippen LogP contribution in [0.15, 0.2) is 36.7 Å². The summed E-state index contributed by atoms with van der Waals surface area (Å²) in [5.74, 6) is -0.659. The summed E-state index contributed by atoms with van der Waals surface area (Å²) in [6.45, 7) is 1.43. The Morgan fingerprint density at radius 3 is 2.86 bits per heavy atom. The van der Waals surface area contributed by atoms with Crippen molar-refractivity contribution in [3.63, 3.8) is 0 Å². The number of nitrogens with zero attached hydrogens (tertiary/aromatic N) is 4. The summed E-state index contributed by atoms with van der Waals surface area (Å²) in [6, 6.07) is 5.17. The highest BCUT2D eigenvalue weighted by Crippen LogP contribution is 2.19. The maximum Gasteiger partial charge on any atom is 0.320 e. The summed E-state index contributed by atoms with van der Waals surface area (Å²) in [6.07, 6.45) is 5.00. The Morgan fingerprint density at radius 2 is 2.07 bits per heavy atom. The van der Waals surface area contributed by atoms with Crippen LogP contribution in [0.4, 0.5) is 19.4 Å². The fourth-order valence-electron chi connectivity index (χ4n) is 3.68. The molecule has 1 atom stereocenters. The lowest BCUT2D eigenvalue weighted by molar-refractivity contribution is 0.180. The predicted molar refractivity (Wildman–Crippen MR) is 105 cm³/mol. The van der Waals surface area contributed by atoms with E-state index >= 15 is 0 Å². The molecule has 29 heavy (non-hydrogen) atoms. The number of aromatic nitrogens is 3. The fourth-order valence-corrected chi connectivity index (χ4v) is 3.68. The number of carbonyl (C=O) groups excluding carboxylic acids is 1. The van der Waals surface area contributed by atoms with Crippen LogP contribution in [0.5, 0.6) is 0 Å². The minimum atomic E-state index is -0.547. The summed E-state index contributed by atoms with van der Waals surface area (Å²) >= 11 is 0. The second kappa shape index (κ2) is 8.12. The van der Waals surface area contributed by atoms with Crippen molar-refractivity contribution in [3.8, 4) is 0 Å². The van der Waals surface area contributed by atoms with Gasteiger partial charge in [0.15, 0.2) is 0 Å². The maximum atomic E-state index is 13.9. The molecule has 9 heteroatoms. The molecule has 0 bridgehead atoms. The van der Waals surface area contributed by atoms with E-state index in [9.17, 15) is 13.6 Å². The zero-order valence-electron chi connectivity index (χ0n) is 16.0. The van der Waals surface area contributed by atoms with Crippen LogP contribution in [0.1, 0.15) is 18.4 Å². The van der Waals surface area contributed by atoms with Gasteiger partial charge in [-0.25, -0.2) is 18.6 Å². The van der Waals surface area contributed by atoms with E-state index in [1.165, 1.54) is 18.2 Å². The van der Waals surface area contributed by atoms with Gasteiger partial charge in [0.2, 0.25) is 0 Å². The number of anilines is 1. The van der Waals surface area contributed by atoms with Crippen LogP contribution >= 0.6 is 0 Å². The number of benzene rings is 1. The SMILES string of the molecule is Cn1ncc2cc(NC(=O)NC3CCCN(Cc4c(F)cccc4F)C3)ncc21. The molecular formula is C20H22F2N6O. The number of fused-ring (bicyclic) bond motifs is 1. The van der Waals surface area contributed by atoms with E-state index in [4.69, 9.17) is 0 Å². The summed E-state index contributed by atoms with van der Waals surface area (Å²) in [5.41, 5.74) is 0.936. The molecule has 2 aromatic heterocycles. The van der Waals surface area contributed by atoms with Crippen molar-refractivity contribution < 1.29 is 13.6 Å². The second-order valence-electron chi connectivity index (χ2n) is 7.27. The molecule has 1 aromatic carbocycles. The van der Waals surface area contributed by atoms with Gasteiger partial charge in [-0.05, 0) is 37.6 Å². The number of rotatable bonds is 4. The summed E-state index contributed by atoms with van der Waals surface area (Å²) < 4.78 is 29.5. The zero-order chi connectivity index (χ0) is 20.4. The Balaban J connectivity index is 1.35. The lowest BCUT2D eigenvalue weighted by Crippen LogP contribution is -2.48. The van der Waals surface area contributed by atoms with Crippen molar-refractivity contribution in [2.24, 2.45) is 7.05 Å². The lowest BCUT2D eigenvalue weighted by atomic mass is 10.0. The quantitative estimate of drug-likeness (QED) is 0.706. The van der Waals surface area contributed by atoms with E-state index in [0.717, 1.165) is 30.3 Å². The van der Waals surface area contributed by atoms with Crippen molar-refractivity contribution >= 4 is 22.8 Å². The van der Waals surface area contributed by atoms with Gasteiger partial charge >= 0.3 is 6.03 Å². The van der Waals surface area contributed by atoms with Gasteiger partial charge in [0.1, 0.15) is 17.5 Å². The number of nitrogens with one attached hydrogen (secondary N) is 2. The first-order chi connectivity index (χ1) is 14.0. The average molecular weight is 400 g/mol. The number of carbonyl (C=O) groups is 1. The number of halogens is 2. The van der Waals surface area contributed by atoms with Crippen LogP contribution in [0.3, 0.4) is 0 Å². The van der Waals surface area contributed by atoms with Gasteiger partial charge in [-0.3, -0.25) is 14.9 Å². The van der Waals surface area contributed by atoms with Gasteiger partial charge in [-0.1, -0.05) is 6.07 Å². The molecule has 0 saturated carbocycles. The van der Waals surface area contributed by atoms with Crippen molar-refractivity contribution in [3.05, 3.63) is 53.9 Å². The van der Waals surface area contributed by atoms with Gasteiger partial charge in [-0.15, -0.1) is 0 Å². The monoisotopic (exact) mass is 400 g/mol. The Labute approximate surface area is 166 Å². The van der Waals surface area contributed by atoms with Crippen molar-refractivity contribution in [2.45, 2.75) is 25.4 Å². The molecule has 4 rings (SSSR count). The number of piperidine rings is 1. The Bertz CT molecular complexity index is 1020. The molecule has 7 nitrogen and oxygen atoms in total. The van der Waals surface area contributed by atoms with E-state index in [0.29, 0.717) is 12.4 Å². The smallest absolute Gasteiger partial charge is 0.320 e. The Morgan fingerprint density at radius 1 is 1.28 bits per heavy atom. The molecule has 1 fully saturated rings. The van der Waals surface area contributed by atoms with Crippen molar-refractivity contribution in [1.29, 1.82) is 0 Å². The predicted octanol–water partition coefficient (Wildman–Crippen LogP) is 3.03. The van der Waals surface area contributed by atoms with Gasteiger partial charge in [0.05, 0.1) is 17.9 Å². The van der Waals surface area contributed by atoms with Crippen LogP contribution in [-0.4, -0.2) is 44.8 Å². The first kappa shape index (κ1) is 19.3. The van der Waals surface area contributed by atoms with E-state index in [1.54, 1.807) is 23.1 Å². The number of pyridine rings is 1. The van der Waals surface area contributed by atoms with Gasteiger partial charge in [-0.2, -0.15) is 5.10 Å². The zero-order valence-corrected chi connectivity index (χ0v) is 16.0. The molecule has 3 aromatic rings. The van der Waals surface area contributed by atoms with Crippen LogP contribution in [0, 0.1) is 11.6 Å². The third kappa shape index (κ3) is 4.34. The molecule has 1 aliphatic rings. The summed E-state index contributed by atoms with van der Waals surface area (Å²) in [7, 11) is 1.83. The molecule has 2 N–H and O–H groups in total. The highest BCUT2D eigenvalue weighted by Gasteiger charge is 2.23. The van der Waals surface area contributed by atoms with Crippen LogP contribution < -0.4 is 10.6 Å². The molecular weight excluding hydrogens is 378 g/mol. The summed E-state index contributed by atoms with van der Waals surface area (Å²) in [5, 5.41) is 10.7. The second-order valence-corrected chi connectivity index (χ2v) is 7.27. The maximum absolute atomic E-state index is 13.9. The minimum absolute atomic E-state index is 0.0616. The number of amides is 2. The highest BCUT2D eigenvalue weighted by molar-refractivity contribution is 5.91. The van der Waals surface area contributed by atoms with Gasteiger partial charge in [0.25, 0.3) is 0 Å². The number of likely N-dealkylation sites (tertiary alicyclic amines) is 1. The molecule has 0 radical (unpaired) electrons. The van der Waals surface area contributed by atoms with Crippen LogP contribution in [0.2, 0.25) is 0 Å². The largest absolute Gasteiger partial charge is 0.334 e. The van der Waals surface area contributed by atoms with E-state index in [-0.39, 0.29) is 24.2 Å². The van der Waals surface area contributed by atoms with E-state index in [1.807, 2.05) is 11.9 Å². The molecule has 1 aliphatic heterocycles. The van der Waals surface area contributed by atoms with E-state index < -0.39 is 11.6 Å². The third-order valence-corrected chi connectivity index (χ3v) is 5.16. The van der Waals surface area contributed by atoms with Crippen LogP contribution in [-0.2, 0) is 13.6 Å². The van der Waals surface area contributed by atoms with Crippen molar-refractivity contribution in [1.82, 2.24) is 25.0 Å². The lowest BCUT2D eigenvalue weighted by Gasteiger charge is -2.33. The Kier molecular flexibility index (Phi) is 5.39. The minimum Gasteiger partial charge on any atom is -0.334 e. The van der Waals surface area contributed by atoms with Gasteiger partial charge < -0.3 is 5.32 Å². The normalized spacial score (nSPS) is 17.4. The standard InChI is InChI=1S/C20H22F2N6O/c1-27-18-10-23-19(8-13(18)9-24-27)26-20(29)25-14-4-3-7-28(11-14)12-15-16(21)5-2-6-17(15)22/h2,5-6,8-10,14H,3-4,7,11-12H2,1H3,(H2,23,25,26,29). The van der Waals surface area contributed by atoms with Crippen LogP contribution in [0.25, 0.3) is 10.9 Å². The first-order valence-corrected chi connectivity index (χ1v) is 9.50. The molecule has 0 spiro atoms. The van der Waals surface area contributed by atoms with Crippen molar-refractivity contribution in [2.75, 3.05) is 18.4 Å². The fraction of sp³-hybridized carbons (Fsp3) is 0.350. The molecule has 152 valence electrons. The molecule has 0 aliphatic carbocycles. The molecule has 1 saturated heterocycles. The first-order valence-electron chi connectivity index (χ1n) is 9.50. The molecule has 3 heterocycles. The Hall–Kier alpha value is -3.07. The number of hydrogen-bond acceptors (Lipinski definition) is 4. The third-order valence-electron chi connectivity index (χ3n) is 5.16.